The van der Waals surface area contributed by atoms with E-state index in [0.717, 1.165) is 0 Å². The van der Waals surface area contributed by atoms with Crippen molar-refractivity contribution in [1.29, 1.82) is 0 Å². The first-order valence-electron chi connectivity index (χ1n) is 9.79. The van der Waals surface area contributed by atoms with Gasteiger partial charge < -0.3 is 24.1 Å². The average Bonchev–Trinajstić information content (AvgIpc) is 3.09. The van der Waals surface area contributed by atoms with E-state index in [9.17, 15) is 14.0 Å². The van der Waals surface area contributed by atoms with Crippen molar-refractivity contribution in [2.45, 2.75) is 13.0 Å². The Morgan fingerprint density at radius 3 is 2.71 bits per heavy atom. The Morgan fingerprint density at radius 1 is 1.19 bits per heavy atom. The number of ether oxygens (including phenoxy) is 3. The number of carbonyl (C=O) groups excluding carboxylic acids is 2. The number of fused-ring (bicyclic) bond motifs is 1. The SMILES string of the molecule is CCOC(=O)c1c(NC(=O)[C@@H]2COc3ccccc3O2)c(-c2cccc(F)c2)cn1C. The van der Waals surface area contributed by atoms with Crippen LogP contribution >= 0.6 is 0 Å². The Balaban J connectivity index is 1.69. The van der Waals surface area contributed by atoms with E-state index in [-0.39, 0.29) is 24.6 Å². The summed E-state index contributed by atoms with van der Waals surface area (Å²) in [6, 6.07) is 12.9. The Hall–Kier alpha value is -3.81. The molecule has 1 aliphatic rings. The normalized spacial score (nSPS) is 14.7. The van der Waals surface area contributed by atoms with Crippen LogP contribution in [0.2, 0.25) is 0 Å². The molecule has 4 rings (SSSR count). The maximum Gasteiger partial charge on any atom is 0.357 e. The minimum Gasteiger partial charge on any atom is -0.485 e. The number of nitrogens with one attached hydrogen (secondary N) is 1. The van der Waals surface area contributed by atoms with Gasteiger partial charge in [-0.2, -0.15) is 0 Å². The summed E-state index contributed by atoms with van der Waals surface area (Å²) in [6.45, 7) is 1.88. The molecule has 2 heterocycles. The van der Waals surface area contributed by atoms with Gasteiger partial charge in [0.25, 0.3) is 5.91 Å². The number of hydrogen-bond acceptors (Lipinski definition) is 5. The molecule has 0 aliphatic carbocycles. The minimum absolute atomic E-state index is 0.0136. The standard InChI is InChI=1S/C23H21FN2O5/c1-3-29-23(28)21-20(16(12-26(21)2)14-7-6-8-15(24)11-14)25-22(27)19-13-30-17-9-4-5-10-18(17)31-19/h4-12,19H,3,13H2,1-2H3,(H,25,27)/t19-/m0/s1. The van der Waals surface area contributed by atoms with Gasteiger partial charge in [0.1, 0.15) is 12.4 Å². The van der Waals surface area contributed by atoms with Gasteiger partial charge in [0.15, 0.2) is 17.2 Å². The van der Waals surface area contributed by atoms with Crippen LogP contribution in [-0.2, 0) is 16.6 Å². The largest absolute Gasteiger partial charge is 0.485 e. The number of aromatic nitrogens is 1. The number of rotatable bonds is 5. The lowest BCUT2D eigenvalue weighted by Crippen LogP contribution is -2.40. The number of aryl methyl sites for hydroxylation is 1. The first-order chi connectivity index (χ1) is 15.0. The highest BCUT2D eigenvalue weighted by Crippen LogP contribution is 2.35. The van der Waals surface area contributed by atoms with Crippen LogP contribution in [0.4, 0.5) is 10.1 Å². The molecule has 0 fully saturated rings. The minimum atomic E-state index is -0.925. The number of amides is 1. The first-order valence-corrected chi connectivity index (χ1v) is 9.79. The molecule has 1 N–H and O–H groups in total. The van der Waals surface area contributed by atoms with Gasteiger partial charge in [-0.1, -0.05) is 24.3 Å². The molecule has 0 radical (unpaired) electrons. The van der Waals surface area contributed by atoms with Crippen molar-refractivity contribution in [2.24, 2.45) is 7.05 Å². The molecule has 8 heteroatoms. The highest BCUT2D eigenvalue weighted by molar-refractivity contribution is 6.06. The quantitative estimate of drug-likeness (QED) is 0.631. The Bertz CT molecular complexity index is 1140. The van der Waals surface area contributed by atoms with Crippen LogP contribution in [0.15, 0.2) is 54.7 Å². The van der Waals surface area contributed by atoms with Crippen molar-refractivity contribution in [3.05, 3.63) is 66.2 Å². The summed E-state index contributed by atoms with van der Waals surface area (Å²) in [5.74, 6) is -0.521. The predicted molar refractivity (Wildman–Crippen MR) is 112 cm³/mol. The molecule has 0 spiro atoms. The molecule has 7 nitrogen and oxygen atoms in total. The van der Waals surface area contributed by atoms with Crippen molar-refractivity contribution in [1.82, 2.24) is 4.57 Å². The summed E-state index contributed by atoms with van der Waals surface area (Å²) in [7, 11) is 1.65. The zero-order valence-corrected chi connectivity index (χ0v) is 17.1. The summed E-state index contributed by atoms with van der Waals surface area (Å²) < 4.78 is 31.9. The van der Waals surface area contributed by atoms with E-state index in [1.54, 1.807) is 55.1 Å². The lowest BCUT2D eigenvalue weighted by Gasteiger charge is -2.25. The monoisotopic (exact) mass is 424 g/mol. The van der Waals surface area contributed by atoms with Crippen molar-refractivity contribution in [2.75, 3.05) is 18.5 Å². The van der Waals surface area contributed by atoms with Crippen LogP contribution in [0.3, 0.4) is 0 Å². The summed E-state index contributed by atoms with van der Waals surface area (Å²) >= 11 is 0. The number of para-hydroxylation sites is 2. The number of nitrogens with zero attached hydrogens (tertiary/aromatic N) is 1. The summed E-state index contributed by atoms with van der Waals surface area (Å²) in [5, 5.41) is 2.77. The molecule has 1 amide bonds. The lowest BCUT2D eigenvalue weighted by atomic mass is 10.1. The van der Waals surface area contributed by atoms with Gasteiger partial charge in [0.05, 0.1) is 12.3 Å². The third-order valence-corrected chi connectivity index (χ3v) is 4.84. The number of benzene rings is 2. The zero-order chi connectivity index (χ0) is 22.0. The fraction of sp³-hybridized carbons (Fsp3) is 0.217. The van der Waals surface area contributed by atoms with Crippen molar-refractivity contribution >= 4 is 17.6 Å². The fourth-order valence-corrected chi connectivity index (χ4v) is 3.43. The van der Waals surface area contributed by atoms with Gasteiger partial charge in [0.2, 0.25) is 6.10 Å². The number of carbonyl (C=O) groups is 2. The Labute approximate surface area is 178 Å². The van der Waals surface area contributed by atoms with Crippen LogP contribution in [0.5, 0.6) is 11.5 Å². The van der Waals surface area contributed by atoms with E-state index in [2.05, 4.69) is 5.32 Å². The number of anilines is 1. The molecule has 31 heavy (non-hydrogen) atoms. The molecule has 1 aromatic heterocycles. The summed E-state index contributed by atoms with van der Waals surface area (Å²) in [6.07, 6.45) is 0.718. The molecule has 0 saturated heterocycles. The van der Waals surface area contributed by atoms with E-state index in [1.165, 1.54) is 12.1 Å². The van der Waals surface area contributed by atoms with Crippen LogP contribution in [0, 0.1) is 5.82 Å². The molecule has 0 unspecified atom stereocenters. The highest BCUT2D eigenvalue weighted by Gasteiger charge is 2.31. The maximum atomic E-state index is 13.8. The van der Waals surface area contributed by atoms with Gasteiger partial charge in [-0.05, 0) is 36.8 Å². The van der Waals surface area contributed by atoms with Gasteiger partial charge in [-0.3, -0.25) is 4.79 Å². The summed E-state index contributed by atoms with van der Waals surface area (Å²) in [5.41, 5.74) is 1.36. The van der Waals surface area contributed by atoms with Crippen LogP contribution in [-0.4, -0.2) is 35.8 Å². The smallest absolute Gasteiger partial charge is 0.357 e. The Kier molecular flexibility index (Phi) is 5.62. The lowest BCUT2D eigenvalue weighted by molar-refractivity contribution is -0.125. The number of esters is 1. The maximum absolute atomic E-state index is 13.8. The molecule has 1 aliphatic heterocycles. The number of halogens is 1. The number of hydrogen-bond donors (Lipinski definition) is 1. The van der Waals surface area contributed by atoms with Crippen LogP contribution in [0.1, 0.15) is 17.4 Å². The average molecular weight is 424 g/mol. The predicted octanol–water partition coefficient (Wildman–Crippen LogP) is 3.79. The zero-order valence-electron chi connectivity index (χ0n) is 17.1. The van der Waals surface area contributed by atoms with E-state index >= 15 is 0 Å². The molecule has 1 atom stereocenters. The molecule has 3 aromatic rings. The van der Waals surface area contributed by atoms with E-state index in [4.69, 9.17) is 14.2 Å². The van der Waals surface area contributed by atoms with Gasteiger partial charge in [-0.25, -0.2) is 9.18 Å². The first kappa shape index (κ1) is 20.5. The van der Waals surface area contributed by atoms with Gasteiger partial charge >= 0.3 is 5.97 Å². The van der Waals surface area contributed by atoms with Gasteiger partial charge in [0, 0.05) is 18.8 Å². The van der Waals surface area contributed by atoms with E-state index < -0.39 is 23.8 Å². The Morgan fingerprint density at radius 2 is 1.97 bits per heavy atom. The van der Waals surface area contributed by atoms with Crippen LogP contribution < -0.4 is 14.8 Å². The second kappa shape index (κ2) is 8.51. The molecular formula is C23H21FN2O5. The van der Waals surface area contributed by atoms with Gasteiger partial charge in [-0.15, -0.1) is 0 Å². The molecule has 2 aromatic carbocycles. The second-order valence-corrected chi connectivity index (χ2v) is 6.96. The van der Waals surface area contributed by atoms with Crippen LogP contribution in [0.25, 0.3) is 11.1 Å². The molecular weight excluding hydrogens is 403 g/mol. The third kappa shape index (κ3) is 4.09. The molecule has 160 valence electrons. The molecule has 0 saturated carbocycles. The highest BCUT2D eigenvalue weighted by atomic mass is 19.1. The summed E-state index contributed by atoms with van der Waals surface area (Å²) in [4.78, 5) is 25.6. The van der Waals surface area contributed by atoms with E-state index in [0.29, 0.717) is 22.6 Å². The fourth-order valence-electron chi connectivity index (χ4n) is 3.43. The third-order valence-electron chi connectivity index (χ3n) is 4.84. The van der Waals surface area contributed by atoms with Crippen molar-refractivity contribution in [3.8, 4) is 22.6 Å². The van der Waals surface area contributed by atoms with E-state index in [1.807, 2.05) is 6.07 Å². The van der Waals surface area contributed by atoms with Crippen molar-refractivity contribution < 1.29 is 28.2 Å². The molecule has 0 bridgehead atoms. The topological polar surface area (TPSA) is 78.8 Å². The second-order valence-electron chi connectivity index (χ2n) is 6.96. The van der Waals surface area contributed by atoms with Crippen molar-refractivity contribution in [3.63, 3.8) is 0 Å².